The van der Waals surface area contributed by atoms with E-state index in [4.69, 9.17) is 9.84 Å². The molecule has 0 aliphatic heterocycles. The van der Waals surface area contributed by atoms with Gasteiger partial charge in [-0.1, -0.05) is 79.3 Å². The Labute approximate surface area is 190 Å². The first-order chi connectivity index (χ1) is 14.8. The zero-order valence-electron chi connectivity index (χ0n) is 20.3. The van der Waals surface area contributed by atoms with Gasteiger partial charge in [0, 0.05) is 7.11 Å². The van der Waals surface area contributed by atoms with Gasteiger partial charge in [0.2, 0.25) is 0 Å². The fourth-order valence-corrected chi connectivity index (χ4v) is 2.75. The number of aliphatic carboxylic acids is 1. The Morgan fingerprint density at radius 3 is 2.26 bits per heavy atom. The second kappa shape index (κ2) is 18.4. The summed E-state index contributed by atoms with van der Waals surface area (Å²) in [6.07, 6.45) is 27.1. The van der Waals surface area contributed by atoms with Crippen molar-refractivity contribution in [2.24, 2.45) is 5.92 Å². The summed E-state index contributed by atoms with van der Waals surface area (Å²) in [6, 6.07) is 0. The van der Waals surface area contributed by atoms with Gasteiger partial charge in [-0.25, -0.2) is 0 Å². The van der Waals surface area contributed by atoms with Crippen LogP contribution in [-0.4, -0.2) is 24.3 Å². The predicted octanol–water partition coefficient (Wildman–Crippen LogP) is 7.76. The van der Waals surface area contributed by atoms with E-state index in [9.17, 15) is 4.79 Å². The molecule has 0 aromatic rings. The van der Waals surface area contributed by atoms with Gasteiger partial charge >= 0.3 is 5.97 Å². The van der Waals surface area contributed by atoms with Crippen LogP contribution in [0.2, 0.25) is 0 Å². The molecule has 0 fully saturated rings. The van der Waals surface area contributed by atoms with E-state index in [1.54, 1.807) is 7.11 Å². The molecule has 2 atom stereocenters. The molecule has 172 valence electrons. The number of hydrogen-bond donors (Lipinski definition) is 1. The standard InChI is InChI=1S/C28H42O3/c1-7-26(22-28(29)30)21-19-24(4)16-14-12-10-8-9-11-13-15-17-27(31-6)25(5)20-18-23(2)3/h7,9,11-15,18-21,24,27H,8,10,16-17,22H2,1-6H3,(H,29,30)/b11-9+,14-12+,15-13-,21-19+,25-20-,26-7+/t24-,27+/m0/s1. The smallest absolute Gasteiger partial charge is 0.307 e. The van der Waals surface area contributed by atoms with Gasteiger partial charge in [0.25, 0.3) is 0 Å². The molecule has 0 aromatic heterocycles. The summed E-state index contributed by atoms with van der Waals surface area (Å²) in [5, 5.41) is 8.86. The first-order valence-corrected chi connectivity index (χ1v) is 11.2. The monoisotopic (exact) mass is 426 g/mol. The summed E-state index contributed by atoms with van der Waals surface area (Å²) < 4.78 is 5.57. The van der Waals surface area contributed by atoms with Crippen molar-refractivity contribution in [3.05, 3.63) is 83.6 Å². The van der Waals surface area contributed by atoms with Crippen molar-refractivity contribution in [1.82, 2.24) is 0 Å². The maximum Gasteiger partial charge on any atom is 0.307 e. The van der Waals surface area contributed by atoms with E-state index < -0.39 is 5.97 Å². The summed E-state index contributed by atoms with van der Waals surface area (Å²) in [4.78, 5) is 10.8. The number of allylic oxidation sites excluding steroid dienone is 11. The maximum absolute atomic E-state index is 10.8. The molecule has 0 aliphatic rings. The summed E-state index contributed by atoms with van der Waals surface area (Å²) >= 11 is 0. The van der Waals surface area contributed by atoms with Crippen molar-refractivity contribution in [3.8, 4) is 0 Å². The Morgan fingerprint density at radius 2 is 1.65 bits per heavy atom. The summed E-state index contributed by atoms with van der Waals surface area (Å²) in [5.74, 6) is -0.403. The molecule has 0 aromatic carbocycles. The summed E-state index contributed by atoms with van der Waals surface area (Å²) in [5.41, 5.74) is 3.36. The highest BCUT2D eigenvalue weighted by Gasteiger charge is 2.06. The Kier molecular flexibility index (Phi) is 17.0. The molecule has 0 unspecified atom stereocenters. The number of carboxylic acid groups (broad SMARTS) is 1. The molecule has 3 heteroatoms. The summed E-state index contributed by atoms with van der Waals surface area (Å²) in [6.45, 7) is 10.3. The van der Waals surface area contributed by atoms with Crippen molar-refractivity contribution in [1.29, 1.82) is 0 Å². The zero-order chi connectivity index (χ0) is 23.5. The summed E-state index contributed by atoms with van der Waals surface area (Å²) in [7, 11) is 1.76. The lowest BCUT2D eigenvalue weighted by Crippen LogP contribution is -2.10. The average Bonchev–Trinajstić information content (AvgIpc) is 2.73. The lowest BCUT2D eigenvalue weighted by Gasteiger charge is -2.13. The van der Waals surface area contributed by atoms with E-state index in [1.165, 1.54) is 11.1 Å². The zero-order valence-corrected chi connectivity index (χ0v) is 20.3. The Morgan fingerprint density at radius 1 is 0.968 bits per heavy atom. The van der Waals surface area contributed by atoms with Crippen LogP contribution >= 0.6 is 0 Å². The largest absolute Gasteiger partial charge is 0.481 e. The second-order valence-corrected chi connectivity index (χ2v) is 8.03. The van der Waals surface area contributed by atoms with Crippen LogP contribution in [0.15, 0.2) is 83.6 Å². The van der Waals surface area contributed by atoms with Gasteiger partial charge in [0.1, 0.15) is 0 Å². The van der Waals surface area contributed by atoms with E-state index in [0.29, 0.717) is 5.92 Å². The Hall–Kier alpha value is -2.39. The average molecular weight is 427 g/mol. The maximum atomic E-state index is 10.8. The van der Waals surface area contributed by atoms with Crippen molar-refractivity contribution in [2.45, 2.75) is 72.8 Å². The molecule has 1 N–H and O–H groups in total. The highest BCUT2D eigenvalue weighted by atomic mass is 16.5. The van der Waals surface area contributed by atoms with Gasteiger partial charge in [-0.15, -0.1) is 0 Å². The minimum Gasteiger partial charge on any atom is -0.481 e. The van der Waals surface area contributed by atoms with Crippen LogP contribution in [0.4, 0.5) is 0 Å². The van der Waals surface area contributed by atoms with Gasteiger partial charge in [-0.3, -0.25) is 4.79 Å². The minimum atomic E-state index is -0.793. The molecule has 0 amide bonds. The first kappa shape index (κ1) is 28.6. The highest BCUT2D eigenvalue weighted by Crippen LogP contribution is 2.12. The molecular weight excluding hydrogens is 384 g/mol. The molecular formula is C28H42O3. The molecule has 0 rings (SSSR count). The van der Waals surface area contributed by atoms with Gasteiger partial charge in [-0.2, -0.15) is 0 Å². The third-order valence-corrected chi connectivity index (χ3v) is 4.74. The van der Waals surface area contributed by atoms with Crippen LogP contribution in [0.1, 0.15) is 66.7 Å². The number of unbranched alkanes of at least 4 members (excludes halogenated alkanes) is 1. The Bertz CT molecular complexity index is 711. The van der Waals surface area contributed by atoms with Crippen LogP contribution in [0.5, 0.6) is 0 Å². The third-order valence-electron chi connectivity index (χ3n) is 4.74. The fraction of sp³-hybridized carbons (Fsp3) is 0.464. The number of hydrogen-bond acceptors (Lipinski definition) is 2. The molecule has 0 heterocycles. The second-order valence-electron chi connectivity index (χ2n) is 8.03. The molecule has 0 saturated heterocycles. The number of ether oxygens (including phenoxy) is 1. The van der Waals surface area contributed by atoms with Crippen molar-refractivity contribution < 1.29 is 14.6 Å². The Balaban J connectivity index is 4.18. The van der Waals surface area contributed by atoms with Crippen molar-refractivity contribution >= 4 is 5.97 Å². The first-order valence-electron chi connectivity index (χ1n) is 11.2. The van der Waals surface area contributed by atoms with E-state index in [1.807, 2.05) is 19.1 Å². The van der Waals surface area contributed by atoms with Crippen molar-refractivity contribution in [3.63, 3.8) is 0 Å². The van der Waals surface area contributed by atoms with Crippen LogP contribution in [-0.2, 0) is 9.53 Å². The van der Waals surface area contributed by atoms with E-state index in [2.05, 4.69) is 82.4 Å². The minimum absolute atomic E-state index is 0.0780. The van der Waals surface area contributed by atoms with E-state index in [0.717, 1.165) is 31.3 Å². The van der Waals surface area contributed by atoms with Crippen LogP contribution in [0, 0.1) is 5.92 Å². The van der Waals surface area contributed by atoms with E-state index >= 15 is 0 Å². The van der Waals surface area contributed by atoms with Crippen LogP contribution < -0.4 is 0 Å². The molecule has 3 nitrogen and oxygen atoms in total. The SMILES string of the molecule is C/C=C(\C=C\[C@@H](C)C/C=C/CC/C=C/C=C\C[C@@H](OC)/C(C)=C\C=C(C)C)CC(=O)O. The number of methoxy groups -OCH3 is 1. The van der Waals surface area contributed by atoms with Gasteiger partial charge in [0.05, 0.1) is 12.5 Å². The molecule has 0 bridgehead atoms. The quantitative estimate of drug-likeness (QED) is 0.165. The predicted molar refractivity (Wildman–Crippen MR) is 134 cm³/mol. The van der Waals surface area contributed by atoms with Gasteiger partial charge in [0.15, 0.2) is 0 Å². The molecule has 0 saturated carbocycles. The number of carboxylic acids is 1. The van der Waals surface area contributed by atoms with Gasteiger partial charge in [-0.05, 0) is 70.4 Å². The molecule has 0 radical (unpaired) electrons. The lowest BCUT2D eigenvalue weighted by molar-refractivity contribution is -0.136. The normalized spacial score (nSPS) is 15.4. The highest BCUT2D eigenvalue weighted by molar-refractivity contribution is 5.70. The van der Waals surface area contributed by atoms with Crippen LogP contribution in [0.3, 0.4) is 0 Å². The van der Waals surface area contributed by atoms with E-state index in [-0.39, 0.29) is 12.5 Å². The molecule has 0 spiro atoms. The number of carbonyl (C=O) groups is 1. The fourth-order valence-electron chi connectivity index (χ4n) is 2.75. The third kappa shape index (κ3) is 17.0. The number of rotatable bonds is 15. The van der Waals surface area contributed by atoms with Crippen molar-refractivity contribution in [2.75, 3.05) is 7.11 Å². The van der Waals surface area contributed by atoms with Gasteiger partial charge < -0.3 is 9.84 Å². The topological polar surface area (TPSA) is 46.5 Å². The molecule has 31 heavy (non-hydrogen) atoms. The molecule has 0 aliphatic carbocycles. The lowest BCUT2D eigenvalue weighted by atomic mass is 10.0. The van der Waals surface area contributed by atoms with Crippen LogP contribution in [0.25, 0.3) is 0 Å².